The second-order valence-electron chi connectivity index (χ2n) is 8.57. The average Bonchev–Trinajstić information content (AvgIpc) is 2.92. The largest absolute Gasteiger partial charge is 0.444 e. The van der Waals surface area contributed by atoms with Crippen molar-refractivity contribution in [2.45, 2.75) is 64.3 Å². The number of hydrogen-bond donors (Lipinski definition) is 1. The molecule has 1 saturated heterocycles. The van der Waals surface area contributed by atoms with E-state index in [0.717, 1.165) is 17.0 Å². The van der Waals surface area contributed by atoms with Crippen LogP contribution >= 0.6 is 0 Å². The molecule has 0 aliphatic carbocycles. The van der Waals surface area contributed by atoms with E-state index in [2.05, 4.69) is 0 Å². The highest BCUT2D eigenvalue weighted by molar-refractivity contribution is 5.70. The number of benzene rings is 1. The van der Waals surface area contributed by atoms with Gasteiger partial charge in [-0.1, -0.05) is 12.1 Å². The second kappa shape index (κ2) is 8.46. The Balaban J connectivity index is 2.47. The number of rotatable bonds is 4. The van der Waals surface area contributed by atoms with Gasteiger partial charge in [0.15, 0.2) is 0 Å². The lowest BCUT2D eigenvalue weighted by atomic mass is 9.98. The van der Waals surface area contributed by atoms with Crippen LogP contribution in [0.2, 0.25) is 0 Å². The molecular weight excluding hydrogens is 421 g/mol. The average molecular weight is 446 g/mol. The molecule has 172 valence electrons. The molecule has 1 aromatic rings. The summed E-state index contributed by atoms with van der Waals surface area (Å²) in [7, 11) is 0. The summed E-state index contributed by atoms with van der Waals surface area (Å²) in [4.78, 5) is 23.8. The number of nitrogens with zero attached hydrogens (tertiary/aromatic N) is 2. The number of ether oxygens (including phenoxy) is 2. The predicted octanol–water partition coefficient (Wildman–Crippen LogP) is 4.27. The molecule has 1 amide bonds. The van der Waals surface area contributed by atoms with Crippen molar-refractivity contribution in [1.82, 2.24) is 4.90 Å². The van der Waals surface area contributed by atoms with Gasteiger partial charge in [-0.2, -0.15) is 13.2 Å². The smallest absolute Gasteiger partial charge is 0.415 e. The van der Waals surface area contributed by atoms with Crippen LogP contribution < -0.4 is 0 Å². The summed E-state index contributed by atoms with van der Waals surface area (Å²) in [5, 5.41) is 21.6. The van der Waals surface area contributed by atoms with Gasteiger partial charge in [-0.3, -0.25) is 15.0 Å². The van der Waals surface area contributed by atoms with Crippen molar-refractivity contribution in [3.05, 3.63) is 45.5 Å². The second-order valence-corrected chi connectivity index (χ2v) is 8.57. The van der Waals surface area contributed by atoms with Crippen molar-refractivity contribution >= 4 is 17.9 Å². The van der Waals surface area contributed by atoms with Gasteiger partial charge in [0.05, 0.1) is 23.1 Å². The highest BCUT2D eigenvalue weighted by atomic mass is 19.4. The maximum Gasteiger partial charge on any atom is 0.415 e. The minimum absolute atomic E-state index is 0.123. The molecule has 0 unspecified atom stereocenters. The third-order valence-electron chi connectivity index (χ3n) is 4.52. The standard InChI is InChI=1S/C20H25F3N2O6/c1-18(2,3)31-17(27)24-15(11-30-19(24,4)5)16(26)14(20(21,22)23)10-12-7-6-8-13(9-12)25(28)29/h6-10,15-16,26H,11H2,1-5H3/b14-10-/t15-,16+/m0/s1. The van der Waals surface area contributed by atoms with Crippen molar-refractivity contribution in [3.63, 3.8) is 0 Å². The molecular formula is C20H25F3N2O6. The topological polar surface area (TPSA) is 102 Å². The number of nitro benzene ring substituents is 1. The summed E-state index contributed by atoms with van der Waals surface area (Å²) in [5.74, 6) is 0. The Morgan fingerprint density at radius 3 is 2.52 bits per heavy atom. The van der Waals surface area contributed by atoms with Crippen LogP contribution in [0.5, 0.6) is 0 Å². The molecule has 31 heavy (non-hydrogen) atoms. The van der Waals surface area contributed by atoms with Crippen LogP contribution in [0.25, 0.3) is 6.08 Å². The lowest BCUT2D eigenvalue weighted by molar-refractivity contribution is -0.384. The number of halogens is 3. The van der Waals surface area contributed by atoms with Crippen LogP contribution in [0.3, 0.4) is 0 Å². The van der Waals surface area contributed by atoms with Crippen LogP contribution in [0.15, 0.2) is 29.8 Å². The molecule has 8 nitrogen and oxygen atoms in total. The molecule has 1 fully saturated rings. The fourth-order valence-corrected chi connectivity index (χ4v) is 3.18. The normalized spacial score (nSPS) is 20.5. The van der Waals surface area contributed by atoms with E-state index in [1.165, 1.54) is 26.0 Å². The van der Waals surface area contributed by atoms with Gasteiger partial charge in [0.1, 0.15) is 17.4 Å². The van der Waals surface area contributed by atoms with Gasteiger partial charge in [-0.15, -0.1) is 0 Å². The first-order valence-corrected chi connectivity index (χ1v) is 9.40. The predicted molar refractivity (Wildman–Crippen MR) is 105 cm³/mol. The van der Waals surface area contributed by atoms with Crippen molar-refractivity contribution in [1.29, 1.82) is 0 Å². The van der Waals surface area contributed by atoms with Gasteiger partial charge in [0.25, 0.3) is 5.69 Å². The first-order valence-electron chi connectivity index (χ1n) is 9.40. The van der Waals surface area contributed by atoms with Crippen molar-refractivity contribution in [3.8, 4) is 0 Å². The van der Waals surface area contributed by atoms with Gasteiger partial charge in [0.2, 0.25) is 0 Å². The lowest BCUT2D eigenvalue weighted by Gasteiger charge is -2.37. The summed E-state index contributed by atoms with van der Waals surface area (Å²) in [6.07, 6.45) is -7.48. The van der Waals surface area contributed by atoms with Crippen LogP contribution in [0.4, 0.5) is 23.7 Å². The molecule has 11 heteroatoms. The first kappa shape index (κ1) is 24.6. The Morgan fingerprint density at radius 1 is 1.39 bits per heavy atom. The van der Waals surface area contributed by atoms with E-state index in [1.54, 1.807) is 20.8 Å². The summed E-state index contributed by atoms with van der Waals surface area (Å²) >= 11 is 0. The fourth-order valence-electron chi connectivity index (χ4n) is 3.18. The van der Waals surface area contributed by atoms with E-state index in [1.807, 2.05) is 0 Å². The summed E-state index contributed by atoms with van der Waals surface area (Å²) in [6.45, 7) is 7.38. The van der Waals surface area contributed by atoms with E-state index in [4.69, 9.17) is 9.47 Å². The van der Waals surface area contributed by atoms with Crippen LogP contribution in [-0.2, 0) is 9.47 Å². The van der Waals surface area contributed by atoms with Gasteiger partial charge in [-0.25, -0.2) is 4.79 Å². The molecule has 0 radical (unpaired) electrons. The molecule has 2 atom stereocenters. The highest BCUT2D eigenvalue weighted by Crippen LogP contribution is 2.38. The number of aliphatic hydroxyl groups is 1. The summed E-state index contributed by atoms with van der Waals surface area (Å²) in [6, 6.07) is 3.18. The van der Waals surface area contributed by atoms with E-state index in [0.29, 0.717) is 6.08 Å². The molecule has 1 heterocycles. The molecule has 0 saturated carbocycles. The van der Waals surface area contributed by atoms with Crippen LogP contribution in [-0.4, -0.2) is 57.3 Å². The maximum atomic E-state index is 13.8. The number of non-ortho nitro benzene ring substituents is 1. The molecule has 1 N–H and O–H groups in total. The first-order chi connectivity index (χ1) is 14.0. The Morgan fingerprint density at radius 2 is 2.00 bits per heavy atom. The minimum Gasteiger partial charge on any atom is -0.444 e. The number of amides is 1. The van der Waals surface area contributed by atoms with Gasteiger partial charge in [0, 0.05) is 12.1 Å². The third-order valence-corrected chi connectivity index (χ3v) is 4.52. The van der Waals surface area contributed by atoms with Crippen molar-refractivity contribution < 1.29 is 37.5 Å². The van der Waals surface area contributed by atoms with Crippen molar-refractivity contribution in [2.75, 3.05) is 6.61 Å². The number of alkyl halides is 3. The molecule has 0 bridgehead atoms. The van der Waals surface area contributed by atoms with Gasteiger partial charge >= 0.3 is 12.3 Å². The Kier molecular flexibility index (Phi) is 6.72. The number of carbonyl (C=O) groups excluding carboxylic acids is 1. The number of aliphatic hydroxyl groups excluding tert-OH is 1. The zero-order chi connectivity index (χ0) is 23.8. The Labute approximate surface area is 177 Å². The maximum absolute atomic E-state index is 13.8. The van der Waals surface area contributed by atoms with E-state index in [9.17, 15) is 33.2 Å². The van der Waals surface area contributed by atoms with Gasteiger partial charge < -0.3 is 14.6 Å². The monoisotopic (exact) mass is 446 g/mol. The summed E-state index contributed by atoms with van der Waals surface area (Å²) < 4.78 is 52.2. The molecule has 2 rings (SSSR count). The van der Waals surface area contributed by atoms with Gasteiger partial charge in [-0.05, 0) is 46.3 Å². The van der Waals surface area contributed by atoms with E-state index in [-0.39, 0.29) is 12.2 Å². The fraction of sp³-hybridized carbons (Fsp3) is 0.550. The third kappa shape index (κ3) is 5.95. The molecule has 0 spiro atoms. The molecule has 0 aromatic heterocycles. The minimum atomic E-state index is -4.98. The molecule has 1 aromatic carbocycles. The number of nitro groups is 1. The molecule has 1 aliphatic heterocycles. The van der Waals surface area contributed by atoms with Crippen LogP contribution in [0, 0.1) is 10.1 Å². The van der Waals surface area contributed by atoms with Crippen LogP contribution in [0.1, 0.15) is 40.2 Å². The summed E-state index contributed by atoms with van der Waals surface area (Å²) in [5.41, 5.74) is -4.13. The zero-order valence-corrected chi connectivity index (χ0v) is 17.8. The zero-order valence-electron chi connectivity index (χ0n) is 17.8. The highest BCUT2D eigenvalue weighted by Gasteiger charge is 2.52. The Hall–Kier alpha value is -2.66. The lowest BCUT2D eigenvalue weighted by Crippen LogP contribution is -2.54. The van der Waals surface area contributed by atoms with E-state index < -0.39 is 51.9 Å². The van der Waals surface area contributed by atoms with E-state index >= 15 is 0 Å². The molecule has 1 aliphatic rings. The number of carbonyl (C=O) groups is 1. The quantitative estimate of drug-likeness (QED) is 0.547. The SMILES string of the molecule is CC(C)(C)OC(=O)N1[C@H]([C@H](O)/C(=C/c2cccc([N+](=O)[O-])c2)C(F)(F)F)COC1(C)C. The number of hydrogen-bond acceptors (Lipinski definition) is 6. The van der Waals surface area contributed by atoms with Crippen molar-refractivity contribution in [2.24, 2.45) is 0 Å². The Bertz CT molecular complexity index is 876.